The van der Waals surface area contributed by atoms with Crippen molar-refractivity contribution in [3.05, 3.63) is 60.7 Å². The van der Waals surface area contributed by atoms with E-state index in [0.717, 1.165) is 11.3 Å². The molecule has 0 saturated carbocycles. The maximum atomic E-state index is 12.1. The Kier molecular flexibility index (Phi) is 6.46. The van der Waals surface area contributed by atoms with Crippen molar-refractivity contribution in [2.75, 3.05) is 19.5 Å². The Morgan fingerprint density at radius 3 is 2.81 bits per heavy atom. The first-order valence-corrected chi connectivity index (χ1v) is 11.2. The normalized spacial score (nSPS) is 21.4. The lowest BCUT2D eigenvalue weighted by Crippen LogP contribution is -2.41. The van der Waals surface area contributed by atoms with E-state index < -0.39 is 30.4 Å². The summed E-state index contributed by atoms with van der Waals surface area (Å²) in [6, 6.07) is 11.2. The maximum absolute atomic E-state index is 12.1. The van der Waals surface area contributed by atoms with Crippen LogP contribution in [0.1, 0.15) is 11.8 Å². The highest BCUT2D eigenvalue weighted by molar-refractivity contribution is 5.85. The Morgan fingerprint density at radius 1 is 1.19 bits per heavy atom. The van der Waals surface area contributed by atoms with Crippen LogP contribution in [0.2, 0.25) is 0 Å². The number of amides is 1. The van der Waals surface area contributed by atoms with Gasteiger partial charge in [-0.3, -0.25) is 14.3 Å². The molecule has 36 heavy (non-hydrogen) atoms. The smallest absolute Gasteiger partial charge is 0.251 e. The molecule has 0 bridgehead atoms. The molecule has 4 atom stereocenters. The van der Waals surface area contributed by atoms with Crippen LogP contribution in [-0.2, 0) is 16.1 Å². The largest absolute Gasteiger partial charge is 0.497 e. The number of fused-ring (bicyclic) bond motifs is 1. The van der Waals surface area contributed by atoms with E-state index in [1.807, 2.05) is 30.3 Å². The number of imidazole rings is 1. The van der Waals surface area contributed by atoms with Crippen LogP contribution in [0.5, 0.6) is 5.75 Å². The van der Waals surface area contributed by atoms with Gasteiger partial charge in [-0.2, -0.15) is 0 Å². The zero-order chi connectivity index (χ0) is 25.2. The van der Waals surface area contributed by atoms with Crippen LogP contribution >= 0.6 is 0 Å². The van der Waals surface area contributed by atoms with E-state index in [-0.39, 0.29) is 0 Å². The summed E-state index contributed by atoms with van der Waals surface area (Å²) < 4.78 is 12.5. The van der Waals surface area contributed by atoms with Gasteiger partial charge in [-0.15, -0.1) is 0 Å². The molecule has 3 aromatic heterocycles. The van der Waals surface area contributed by atoms with Crippen LogP contribution in [0.25, 0.3) is 22.6 Å². The minimum absolute atomic E-state index is 0.353. The van der Waals surface area contributed by atoms with Gasteiger partial charge in [0, 0.05) is 31.5 Å². The van der Waals surface area contributed by atoms with Crippen LogP contribution < -0.4 is 15.4 Å². The summed E-state index contributed by atoms with van der Waals surface area (Å²) in [5, 5.41) is 26.8. The molecule has 1 amide bonds. The number of aromatic nitrogens is 5. The van der Waals surface area contributed by atoms with Crippen LogP contribution in [0, 0.1) is 0 Å². The second-order valence-corrected chi connectivity index (χ2v) is 8.21. The second kappa shape index (κ2) is 9.85. The van der Waals surface area contributed by atoms with E-state index in [0.29, 0.717) is 34.9 Å². The van der Waals surface area contributed by atoms with Crippen molar-refractivity contribution in [1.29, 1.82) is 0 Å². The summed E-state index contributed by atoms with van der Waals surface area (Å²) >= 11 is 0. The van der Waals surface area contributed by atoms with Crippen molar-refractivity contribution in [1.82, 2.24) is 29.8 Å². The van der Waals surface area contributed by atoms with Gasteiger partial charge in [0.25, 0.3) is 5.91 Å². The second-order valence-electron chi connectivity index (χ2n) is 8.21. The lowest BCUT2D eigenvalue weighted by molar-refractivity contribution is -0.137. The molecule has 0 radical (unpaired) electrons. The topological polar surface area (TPSA) is 157 Å². The molecule has 1 saturated heterocycles. The summed E-state index contributed by atoms with van der Waals surface area (Å²) in [5.74, 6) is 1.02. The molecule has 1 fully saturated rings. The average Bonchev–Trinajstić information content (AvgIpc) is 3.48. The van der Waals surface area contributed by atoms with Crippen molar-refractivity contribution in [2.24, 2.45) is 0 Å². The first kappa shape index (κ1) is 23.6. The maximum Gasteiger partial charge on any atom is 0.251 e. The fourth-order valence-corrected chi connectivity index (χ4v) is 4.07. The Hall–Kier alpha value is -4.13. The zero-order valence-corrected chi connectivity index (χ0v) is 19.6. The van der Waals surface area contributed by atoms with Crippen molar-refractivity contribution >= 4 is 22.9 Å². The average molecular weight is 492 g/mol. The van der Waals surface area contributed by atoms with Crippen LogP contribution in [0.4, 0.5) is 5.82 Å². The highest BCUT2D eigenvalue weighted by Gasteiger charge is 2.47. The highest BCUT2D eigenvalue weighted by Crippen LogP contribution is 2.33. The highest BCUT2D eigenvalue weighted by atomic mass is 16.6. The van der Waals surface area contributed by atoms with Gasteiger partial charge in [0.05, 0.1) is 13.4 Å². The molecule has 1 aromatic carbocycles. The number of rotatable bonds is 7. The number of ether oxygens (including phenoxy) is 2. The first-order valence-electron chi connectivity index (χ1n) is 11.2. The van der Waals surface area contributed by atoms with Crippen LogP contribution in [0.15, 0.2) is 55.1 Å². The molecule has 186 valence electrons. The fourth-order valence-electron chi connectivity index (χ4n) is 4.07. The van der Waals surface area contributed by atoms with Crippen LogP contribution in [-0.4, -0.2) is 73.1 Å². The van der Waals surface area contributed by atoms with E-state index in [1.165, 1.54) is 17.9 Å². The molecule has 4 N–H and O–H groups in total. The molecule has 12 nitrogen and oxygen atoms in total. The Labute approximate surface area is 206 Å². The molecule has 5 rings (SSSR count). The van der Waals surface area contributed by atoms with Gasteiger partial charge >= 0.3 is 0 Å². The number of carbonyl (C=O) groups excluding carboxylic acids is 1. The number of aliphatic hydroxyl groups is 2. The third kappa shape index (κ3) is 4.33. The quantitative estimate of drug-likeness (QED) is 0.292. The Bertz CT molecular complexity index is 1380. The Balaban J connectivity index is 1.55. The fraction of sp³-hybridized carbons (Fsp3) is 0.292. The summed E-state index contributed by atoms with van der Waals surface area (Å²) in [6.07, 6.45) is -0.395. The third-order valence-electron chi connectivity index (χ3n) is 5.95. The first-order chi connectivity index (χ1) is 17.5. The molecule has 1 aliphatic heterocycles. The number of likely N-dealkylation sites (N-methyl/N-ethyl adjacent to an activating group) is 1. The van der Waals surface area contributed by atoms with Gasteiger partial charge in [-0.1, -0.05) is 12.1 Å². The number of anilines is 1. The van der Waals surface area contributed by atoms with E-state index in [9.17, 15) is 15.0 Å². The van der Waals surface area contributed by atoms with Crippen molar-refractivity contribution in [3.63, 3.8) is 0 Å². The van der Waals surface area contributed by atoms with Gasteiger partial charge < -0.3 is 30.3 Å². The summed E-state index contributed by atoms with van der Waals surface area (Å²) in [6.45, 7) is 0.433. The van der Waals surface area contributed by atoms with Crippen molar-refractivity contribution < 1.29 is 24.5 Å². The van der Waals surface area contributed by atoms with Gasteiger partial charge in [0.15, 0.2) is 35.1 Å². The summed E-state index contributed by atoms with van der Waals surface area (Å²) in [4.78, 5) is 30.1. The van der Waals surface area contributed by atoms with Gasteiger partial charge in [-0.05, 0) is 29.8 Å². The number of nitrogens with one attached hydrogen (secondary N) is 2. The van der Waals surface area contributed by atoms with Crippen molar-refractivity contribution in [3.8, 4) is 17.1 Å². The number of hydrogen-bond acceptors (Lipinski definition) is 10. The minimum atomic E-state index is -1.42. The number of aliphatic hydroxyl groups excluding tert-OH is 2. The SMILES string of the molecule is CNC(=O)[C@@H]1OC(n2cnc3c(NCc4cccc(OC)c4)nc(-c4cccnc4)nc32)C(O)C1O. The van der Waals surface area contributed by atoms with E-state index in [4.69, 9.17) is 9.47 Å². The standard InChI is InChI=1S/C24H25N7O5/c1-25-23(34)19-17(32)18(33)24(36-19)31-12-28-16-21(27-10-13-5-3-7-15(9-13)35-2)29-20(30-22(16)31)14-6-4-8-26-11-14/h3-9,11-12,17-19,24,32-33H,10H2,1-2H3,(H,25,34)(H,27,29,30)/t17?,18?,19-,24?/m1/s1. The molecule has 1 aliphatic rings. The number of hydrogen-bond donors (Lipinski definition) is 4. The predicted octanol–water partition coefficient (Wildman–Crippen LogP) is 0.874. The number of benzene rings is 1. The monoisotopic (exact) mass is 491 g/mol. The lowest BCUT2D eigenvalue weighted by atomic mass is 10.1. The lowest BCUT2D eigenvalue weighted by Gasteiger charge is -2.17. The number of nitrogens with zero attached hydrogens (tertiary/aromatic N) is 5. The number of carbonyl (C=O) groups is 1. The number of pyridine rings is 1. The Morgan fingerprint density at radius 2 is 2.06 bits per heavy atom. The van der Waals surface area contributed by atoms with Gasteiger partial charge in [0.1, 0.15) is 18.0 Å². The molecule has 3 unspecified atom stereocenters. The van der Waals surface area contributed by atoms with Crippen LogP contribution in [0.3, 0.4) is 0 Å². The molecule has 0 aliphatic carbocycles. The molecule has 0 spiro atoms. The summed E-state index contributed by atoms with van der Waals surface area (Å²) in [7, 11) is 3.04. The third-order valence-corrected chi connectivity index (χ3v) is 5.95. The van der Waals surface area contributed by atoms with E-state index in [2.05, 4.69) is 30.6 Å². The molecular weight excluding hydrogens is 466 g/mol. The molecule has 12 heteroatoms. The number of methoxy groups -OCH3 is 1. The predicted molar refractivity (Wildman–Crippen MR) is 129 cm³/mol. The molecular formula is C24H25N7O5. The molecule has 4 heterocycles. The van der Waals surface area contributed by atoms with Gasteiger partial charge in [-0.25, -0.2) is 15.0 Å². The van der Waals surface area contributed by atoms with E-state index in [1.54, 1.807) is 25.6 Å². The van der Waals surface area contributed by atoms with E-state index >= 15 is 0 Å². The molecule has 4 aromatic rings. The summed E-state index contributed by atoms with van der Waals surface area (Å²) in [5.41, 5.74) is 2.42. The minimum Gasteiger partial charge on any atom is -0.497 e. The van der Waals surface area contributed by atoms with Gasteiger partial charge in [0.2, 0.25) is 0 Å². The zero-order valence-electron chi connectivity index (χ0n) is 19.6. The van der Waals surface area contributed by atoms with Crippen molar-refractivity contribution in [2.45, 2.75) is 31.1 Å².